The molecule has 4 unspecified atom stereocenters. The Morgan fingerprint density at radius 2 is 1.85 bits per heavy atom. The van der Waals surface area contributed by atoms with Crippen molar-refractivity contribution in [3.63, 3.8) is 0 Å². The minimum atomic E-state index is 0.636. The molecule has 1 aliphatic heterocycles. The Hall–Kier alpha value is -0.120. The molecule has 20 heavy (non-hydrogen) atoms. The van der Waals surface area contributed by atoms with Crippen molar-refractivity contribution in [1.82, 2.24) is 9.80 Å². The third kappa shape index (κ3) is 4.44. The van der Waals surface area contributed by atoms with Gasteiger partial charge in [-0.05, 0) is 63.1 Å². The highest BCUT2D eigenvalue weighted by Crippen LogP contribution is 2.32. The summed E-state index contributed by atoms with van der Waals surface area (Å²) in [7, 11) is 0. The van der Waals surface area contributed by atoms with Gasteiger partial charge in [-0.2, -0.15) is 0 Å². The van der Waals surface area contributed by atoms with Crippen LogP contribution in [0, 0.1) is 17.8 Å². The molecule has 1 saturated heterocycles. The highest BCUT2D eigenvalue weighted by molar-refractivity contribution is 4.84. The van der Waals surface area contributed by atoms with Crippen molar-refractivity contribution in [2.24, 2.45) is 23.5 Å². The first-order chi connectivity index (χ1) is 9.60. The molecule has 3 nitrogen and oxygen atoms in total. The highest BCUT2D eigenvalue weighted by atomic mass is 15.2. The molecule has 0 aromatic carbocycles. The van der Waals surface area contributed by atoms with E-state index in [2.05, 4.69) is 30.6 Å². The molecule has 2 fully saturated rings. The fourth-order valence-electron chi connectivity index (χ4n) is 3.90. The zero-order valence-corrected chi connectivity index (χ0v) is 13.9. The monoisotopic (exact) mass is 281 g/mol. The minimum Gasteiger partial charge on any atom is -0.330 e. The first-order valence-corrected chi connectivity index (χ1v) is 8.76. The van der Waals surface area contributed by atoms with E-state index < -0.39 is 0 Å². The standard InChI is InChI=1S/C17H35N3/c1-14(12-18)13-19-7-4-8-20(10-9-19)17-6-5-15(2)16(3)11-17/h14-17H,4-13,18H2,1-3H3. The van der Waals surface area contributed by atoms with Gasteiger partial charge in [0.2, 0.25) is 0 Å². The topological polar surface area (TPSA) is 32.5 Å². The van der Waals surface area contributed by atoms with Crippen LogP contribution >= 0.6 is 0 Å². The molecule has 1 saturated carbocycles. The predicted octanol–water partition coefficient (Wildman–Crippen LogP) is 2.41. The van der Waals surface area contributed by atoms with Crippen molar-refractivity contribution < 1.29 is 0 Å². The summed E-state index contributed by atoms with van der Waals surface area (Å²) in [4.78, 5) is 5.42. The van der Waals surface area contributed by atoms with Crippen LogP contribution in [0.15, 0.2) is 0 Å². The lowest BCUT2D eigenvalue weighted by Gasteiger charge is -2.39. The van der Waals surface area contributed by atoms with Crippen molar-refractivity contribution in [2.45, 2.75) is 52.5 Å². The van der Waals surface area contributed by atoms with Crippen LogP contribution in [0.3, 0.4) is 0 Å². The molecular weight excluding hydrogens is 246 g/mol. The number of nitrogens with two attached hydrogens (primary N) is 1. The summed E-state index contributed by atoms with van der Waals surface area (Å²) in [5, 5.41) is 0. The van der Waals surface area contributed by atoms with Gasteiger partial charge in [0.15, 0.2) is 0 Å². The van der Waals surface area contributed by atoms with Crippen molar-refractivity contribution in [2.75, 3.05) is 39.3 Å². The molecule has 3 heteroatoms. The average Bonchev–Trinajstić information content (AvgIpc) is 2.67. The molecular formula is C17H35N3. The Balaban J connectivity index is 1.80. The van der Waals surface area contributed by atoms with E-state index in [0.29, 0.717) is 5.92 Å². The zero-order valence-electron chi connectivity index (χ0n) is 13.9. The predicted molar refractivity (Wildman–Crippen MR) is 86.8 cm³/mol. The van der Waals surface area contributed by atoms with Crippen LogP contribution in [0.5, 0.6) is 0 Å². The van der Waals surface area contributed by atoms with Crippen LogP contribution in [-0.2, 0) is 0 Å². The highest BCUT2D eigenvalue weighted by Gasteiger charge is 2.29. The van der Waals surface area contributed by atoms with Gasteiger partial charge < -0.3 is 10.6 Å². The van der Waals surface area contributed by atoms with Crippen LogP contribution in [-0.4, -0.2) is 55.1 Å². The van der Waals surface area contributed by atoms with E-state index in [0.717, 1.165) is 24.4 Å². The maximum Gasteiger partial charge on any atom is 0.0112 e. The summed E-state index contributed by atoms with van der Waals surface area (Å²) >= 11 is 0. The quantitative estimate of drug-likeness (QED) is 0.859. The van der Waals surface area contributed by atoms with Crippen LogP contribution in [0.2, 0.25) is 0 Å². The Labute approximate surface area is 125 Å². The number of hydrogen-bond acceptors (Lipinski definition) is 3. The number of hydrogen-bond donors (Lipinski definition) is 1. The van der Waals surface area contributed by atoms with Gasteiger partial charge >= 0.3 is 0 Å². The second-order valence-electron chi connectivity index (χ2n) is 7.45. The smallest absolute Gasteiger partial charge is 0.0112 e. The summed E-state index contributed by atoms with van der Waals surface area (Å²) < 4.78 is 0. The van der Waals surface area contributed by atoms with Gasteiger partial charge in [-0.1, -0.05) is 20.8 Å². The molecule has 0 aromatic rings. The number of rotatable bonds is 4. The Kier molecular flexibility index (Phi) is 6.31. The third-order valence-electron chi connectivity index (χ3n) is 5.68. The first-order valence-electron chi connectivity index (χ1n) is 8.76. The van der Waals surface area contributed by atoms with Crippen LogP contribution in [0.4, 0.5) is 0 Å². The molecule has 118 valence electrons. The Morgan fingerprint density at radius 3 is 2.55 bits per heavy atom. The van der Waals surface area contributed by atoms with Crippen LogP contribution < -0.4 is 5.73 Å². The van der Waals surface area contributed by atoms with E-state index in [1.807, 2.05) is 0 Å². The lowest BCUT2D eigenvalue weighted by molar-refractivity contribution is 0.111. The van der Waals surface area contributed by atoms with E-state index in [9.17, 15) is 0 Å². The zero-order chi connectivity index (χ0) is 14.5. The van der Waals surface area contributed by atoms with Crippen molar-refractivity contribution in [3.8, 4) is 0 Å². The fraction of sp³-hybridized carbons (Fsp3) is 1.00. The first kappa shape index (κ1) is 16.3. The summed E-state index contributed by atoms with van der Waals surface area (Å²) in [6.45, 7) is 14.2. The molecule has 2 rings (SSSR count). The van der Waals surface area contributed by atoms with E-state index >= 15 is 0 Å². The third-order valence-corrected chi connectivity index (χ3v) is 5.68. The normalized spacial score (nSPS) is 35.7. The molecule has 2 N–H and O–H groups in total. The summed E-state index contributed by atoms with van der Waals surface area (Å²) in [6, 6.07) is 0.855. The lowest BCUT2D eigenvalue weighted by Crippen LogP contribution is -2.42. The second kappa shape index (κ2) is 7.77. The van der Waals surface area contributed by atoms with E-state index in [4.69, 9.17) is 5.73 Å². The van der Waals surface area contributed by atoms with Crippen molar-refractivity contribution in [3.05, 3.63) is 0 Å². The van der Waals surface area contributed by atoms with Gasteiger partial charge in [0.05, 0.1) is 0 Å². The van der Waals surface area contributed by atoms with E-state index in [1.165, 1.54) is 58.4 Å². The summed E-state index contributed by atoms with van der Waals surface area (Å²) in [5.41, 5.74) is 5.76. The van der Waals surface area contributed by atoms with Crippen LogP contribution in [0.25, 0.3) is 0 Å². The maximum absolute atomic E-state index is 5.76. The van der Waals surface area contributed by atoms with Crippen molar-refractivity contribution >= 4 is 0 Å². The van der Waals surface area contributed by atoms with E-state index in [1.54, 1.807) is 0 Å². The van der Waals surface area contributed by atoms with Gasteiger partial charge in [-0.25, -0.2) is 0 Å². The summed E-state index contributed by atoms with van der Waals surface area (Å²) in [6.07, 6.45) is 5.60. The Morgan fingerprint density at radius 1 is 1.05 bits per heavy atom. The van der Waals surface area contributed by atoms with Gasteiger partial charge in [0.25, 0.3) is 0 Å². The van der Waals surface area contributed by atoms with E-state index in [-0.39, 0.29) is 0 Å². The second-order valence-corrected chi connectivity index (χ2v) is 7.45. The fourth-order valence-corrected chi connectivity index (χ4v) is 3.90. The largest absolute Gasteiger partial charge is 0.330 e. The molecule has 4 atom stereocenters. The Bertz CT molecular complexity index is 281. The molecule has 0 bridgehead atoms. The van der Waals surface area contributed by atoms with Gasteiger partial charge in [-0.3, -0.25) is 4.90 Å². The molecule has 0 aromatic heterocycles. The average molecular weight is 281 g/mol. The van der Waals surface area contributed by atoms with Crippen LogP contribution in [0.1, 0.15) is 46.5 Å². The van der Waals surface area contributed by atoms with Crippen molar-refractivity contribution in [1.29, 1.82) is 0 Å². The minimum absolute atomic E-state index is 0.636. The summed E-state index contributed by atoms with van der Waals surface area (Å²) in [5.74, 6) is 2.47. The maximum atomic E-state index is 5.76. The molecule has 0 spiro atoms. The van der Waals surface area contributed by atoms with Gasteiger partial charge in [-0.15, -0.1) is 0 Å². The SMILES string of the molecule is CC(CN)CN1CCCN(C2CCC(C)C(C)C2)CC1. The molecule has 0 radical (unpaired) electrons. The van der Waals surface area contributed by atoms with Gasteiger partial charge in [0, 0.05) is 25.7 Å². The molecule has 1 aliphatic carbocycles. The molecule has 2 aliphatic rings. The lowest BCUT2D eigenvalue weighted by atomic mass is 9.78. The number of nitrogens with zero attached hydrogens (tertiary/aromatic N) is 2. The molecule has 1 heterocycles. The van der Waals surface area contributed by atoms with Gasteiger partial charge in [0.1, 0.15) is 0 Å². The molecule has 0 amide bonds.